The Kier molecular flexibility index (Phi) is 7.34. The first kappa shape index (κ1) is 19.3. The van der Waals surface area contributed by atoms with Gasteiger partial charge in [-0.3, -0.25) is 9.48 Å². The molecule has 0 unspecified atom stereocenters. The van der Waals surface area contributed by atoms with E-state index in [-0.39, 0.29) is 10.4 Å². The Bertz CT molecular complexity index is 753. The zero-order valence-corrected chi connectivity index (χ0v) is 15.8. The molecule has 1 aromatic heterocycles. The lowest BCUT2D eigenvalue weighted by molar-refractivity contribution is 0.0941. The van der Waals surface area contributed by atoms with Gasteiger partial charge >= 0.3 is 0 Å². The quantitative estimate of drug-likeness (QED) is 0.703. The molecule has 0 spiro atoms. The number of aryl methyl sites for hydroxylation is 2. The molecule has 134 valence electrons. The Hall–Kier alpha value is -1.98. The number of carbonyl (C=O) groups is 1. The molecule has 2 rings (SSSR count). The first-order chi connectivity index (χ1) is 12.0. The van der Waals surface area contributed by atoms with E-state index in [1.54, 1.807) is 17.8 Å². The van der Waals surface area contributed by atoms with E-state index in [2.05, 4.69) is 10.4 Å². The highest BCUT2D eigenvalue weighted by Gasteiger charge is 2.12. The van der Waals surface area contributed by atoms with Gasteiger partial charge in [-0.05, 0) is 30.2 Å². The second-order valence-electron chi connectivity index (χ2n) is 5.46. The zero-order valence-electron chi connectivity index (χ0n) is 14.3. The van der Waals surface area contributed by atoms with Gasteiger partial charge in [0.15, 0.2) is 0 Å². The smallest absolute Gasteiger partial charge is 0.269 e. The molecule has 1 N–H and O–H groups in total. The predicted octanol–water partition coefficient (Wildman–Crippen LogP) is 4.00. The van der Waals surface area contributed by atoms with Crippen LogP contribution < -0.4 is 10.1 Å². The third-order valence-electron chi connectivity index (χ3n) is 3.56. The summed E-state index contributed by atoms with van der Waals surface area (Å²) >= 11 is 11.1. The van der Waals surface area contributed by atoms with Gasteiger partial charge in [0.1, 0.15) is 15.9 Å². The zero-order chi connectivity index (χ0) is 18.2. The van der Waals surface area contributed by atoms with Crippen molar-refractivity contribution in [2.45, 2.75) is 26.3 Å². The highest BCUT2D eigenvalue weighted by Crippen LogP contribution is 2.15. The maximum atomic E-state index is 12.3. The first-order valence-corrected chi connectivity index (χ1v) is 8.79. The van der Waals surface area contributed by atoms with Crippen LogP contribution in [0.25, 0.3) is 0 Å². The Labute approximate surface area is 157 Å². The summed E-state index contributed by atoms with van der Waals surface area (Å²) in [7, 11) is 1.77. The van der Waals surface area contributed by atoms with Crippen molar-refractivity contribution >= 4 is 29.1 Å². The van der Waals surface area contributed by atoms with Crippen molar-refractivity contribution < 1.29 is 9.53 Å². The minimum Gasteiger partial charge on any atom is -0.493 e. The van der Waals surface area contributed by atoms with Crippen LogP contribution in [0.15, 0.2) is 40.9 Å². The summed E-state index contributed by atoms with van der Waals surface area (Å²) < 4.78 is 7.47. The monoisotopic (exact) mass is 381 g/mol. The topological polar surface area (TPSA) is 56.1 Å². The summed E-state index contributed by atoms with van der Waals surface area (Å²) in [5, 5.41) is 7.19. The first-order valence-electron chi connectivity index (χ1n) is 8.03. The third kappa shape index (κ3) is 6.11. The second kappa shape index (κ2) is 9.49. The van der Waals surface area contributed by atoms with Crippen molar-refractivity contribution in [2.75, 3.05) is 6.61 Å². The Morgan fingerprint density at radius 2 is 2.16 bits per heavy atom. The Balaban J connectivity index is 1.90. The molecule has 0 saturated carbocycles. The lowest BCUT2D eigenvalue weighted by Crippen LogP contribution is -2.25. The second-order valence-corrected chi connectivity index (χ2v) is 6.47. The number of ether oxygens (including phenoxy) is 1. The van der Waals surface area contributed by atoms with Gasteiger partial charge in [0, 0.05) is 20.0 Å². The molecule has 0 aliphatic carbocycles. The average molecular weight is 382 g/mol. The highest BCUT2D eigenvalue weighted by atomic mass is 35.5. The Morgan fingerprint density at radius 1 is 1.36 bits per heavy atom. The van der Waals surface area contributed by atoms with Crippen LogP contribution in [0.3, 0.4) is 0 Å². The molecule has 0 fully saturated rings. The van der Waals surface area contributed by atoms with Crippen LogP contribution in [0.2, 0.25) is 0 Å². The molecule has 0 saturated heterocycles. The van der Waals surface area contributed by atoms with Crippen molar-refractivity contribution in [2.24, 2.45) is 7.05 Å². The summed E-state index contributed by atoms with van der Waals surface area (Å²) in [6, 6.07) is 9.40. The van der Waals surface area contributed by atoms with Crippen molar-refractivity contribution in [1.82, 2.24) is 15.1 Å². The normalized spacial score (nSPS) is 10.4. The number of amides is 1. The van der Waals surface area contributed by atoms with Gasteiger partial charge in [0.25, 0.3) is 5.91 Å². The fourth-order valence-electron chi connectivity index (χ4n) is 2.27. The minimum absolute atomic E-state index is 0.150. The third-order valence-corrected chi connectivity index (χ3v) is 3.87. The van der Waals surface area contributed by atoms with E-state index < -0.39 is 0 Å². The van der Waals surface area contributed by atoms with Crippen LogP contribution in [-0.4, -0.2) is 22.3 Å². The molecule has 7 heteroatoms. The van der Waals surface area contributed by atoms with Crippen molar-refractivity contribution in [3.8, 4) is 5.75 Å². The predicted molar refractivity (Wildman–Crippen MR) is 100 cm³/mol. The number of benzene rings is 1. The number of hydrogen-bond acceptors (Lipinski definition) is 3. The summed E-state index contributed by atoms with van der Waals surface area (Å²) in [5.41, 5.74) is 2.40. The van der Waals surface area contributed by atoms with Crippen molar-refractivity contribution in [1.29, 1.82) is 0 Å². The standard InChI is InChI=1S/C18H21Cl2N3O2/c1-3-14-11-16(23(2)22-14)18(24)21-12-13-6-4-7-15(10-13)25-9-5-8-17(19)20/h4,6-8,10-11H,3,5,9,12H2,1-2H3,(H,21,24). The van der Waals surface area contributed by atoms with Gasteiger partial charge in [-0.25, -0.2) is 0 Å². The molecular formula is C18H21Cl2N3O2. The Morgan fingerprint density at radius 3 is 2.84 bits per heavy atom. The number of nitrogens with zero attached hydrogens (tertiary/aromatic N) is 2. The van der Waals surface area contributed by atoms with Crippen LogP contribution in [-0.2, 0) is 20.0 Å². The fraction of sp³-hybridized carbons (Fsp3) is 0.333. The minimum atomic E-state index is -0.150. The molecule has 1 heterocycles. The van der Waals surface area contributed by atoms with E-state index in [0.717, 1.165) is 23.4 Å². The number of hydrogen-bond donors (Lipinski definition) is 1. The fourth-order valence-corrected chi connectivity index (χ4v) is 2.49. The molecular weight excluding hydrogens is 361 g/mol. The van der Waals surface area contributed by atoms with Crippen molar-refractivity contribution in [3.63, 3.8) is 0 Å². The molecule has 0 aliphatic rings. The lowest BCUT2D eigenvalue weighted by atomic mass is 10.2. The molecule has 1 aromatic carbocycles. The van der Waals surface area contributed by atoms with E-state index in [1.807, 2.05) is 37.3 Å². The largest absolute Gasteiger partial charge is 0.493 e. The highest BCUT2D eigenvalue weighted by molar-refractivity contribution is 6.55. The van der Waals surface area contributed by atoms with Gasteiger partial charge in [-0.15, -0.1) is 0 Å². The van der Waals surface area contributed by atoms with E-state index in [1.165, 1.54) is 0 Å². The van der Waals surface area contributed by atoms with Gasteiger partial charge in [-0.2, -0.15) is 5.10 Å². The molecule has 25 heavy (non-hydrogen) atoms. The molecule has 0 bridgehead atoms. The summed E-state index contributed by atoms with van der Waals surface area (Å²) in [6.07, 6.45) is 3.11. The van der Waals surface area contributed by atoms with Gasteiger partial charge in [0.05, 0.1) is 12.3 Å². The summed E-state index contributed by atoms with van der Waals surface area (Å²) in [4.78, 5) is 12.3. The van der Waals surface area contributed by atoms with E-state index in [0.29, 0.717) is 25.3 Å². The average Bonchev–Trinajstić information content (AvgIpc) is 2.98. The van der Waals surface area contributed by atoms with Crippen LogP contribution >= 0.6 is 23.2 Å². The van der Waals surface area contributed by atoms with E-state index in [4.69, 9.17) is 27.9 Å². The number of nitrogens with one attached hydrogen (secondary N) is 1. The number of aromatic nitrogens is 2. The van der Waals surface area contributed by atoms with Crippen LogP contribution in [0.5, 0.6) is 5.75 Å². The number of rotatable bonds is 8. The van der Waals surface area contributed by atoms with E-state index >= 15 is 0 Å². The number of carbonyl (C=O) groups excluding carboxylic acids is 1. The molecule has 1 amide bonds. The molecule has 5 nitrogen and oxygen atoms in total. The maximum Gasteiger partial charge on any atom is 0.269 e. The maximum absolute atomic E-state index is 12.3. The SMILES string of the molecule is CCc1cc(C(=O)NCc2cccc(OCCC=C(Cl)Cl)c2)n(C)n1. The van der Waals surface area contributed by atoms with E-state index in [9.17, 15) is 4.79 Å². The van der Waals surface area contributed by atoms with Crippen LogP contribution in [0.4, 0.5) is 0 Å². The van der Waals surface area contributed by atoms with Crippen LogP contribution in [0.1, 0.15) is 35.1 Å². The van der Waals surface area contributed by atoms with Gasteiger partial charge in [-0.1, -0.05) is 48.3 Å². The molecule has 0 radical (unpaired) electrons. The number of halogens is 2. The summed E-state index contributed by atoms with van der Waals surface area (Å²) in [6.45, 7) is 2.90. The molecule has 2 aromatic rings. The summed E-state index contributed by atoms with van der Waals surface area (Å²) in [5.74, 6) is 0.586. The lowest BCUT2D eigenvalue weighted by Gasteiger charge is -2.08. The van der Waals surface area contributed by atoms with Gasteiger partial charge in [0.2, 0.25) is 0 Å². The van der Waals surface area contributed by atoms with Gasteiger partial charge < -0.3 is 10.1 Å². The van der Waals surface area contributed by atoms with Crippen LogP contribution in [0, 0.1) is 0 Å². The molecule has 0 aliphatic heterocycles. The molecule has 0 atom stereocenters. The van der Waals surface area contributed by atoms with Crippen molar-refractivity contribution in [3.05, 3.63) is 57.9 Å².